The molecule has 28 heavy (non-hydrogen) atoms. The van der Waals surface area contributed by atoms with Crippen molar-refractivity contribution >= 4 is 29.2 Å². The number of allylic oxidation sites excluding steroid dienone is 1. The van der Waals surface area contributed by atoms with Gasteiger partial charge in [-0.2, -0.15) is 11.3 Å². The highest BCUT2D eigenvalue weighted by molar-refractivity contribution is 7.08. The molecule has 2 aromatic carbocycles. The molecule has 0 unspecified atom stereocenters. The molecule has 142 valence electrons. The number of carbonyl (C=O) groups excluding carboxylic acids is 1. The number of rotatable bonds is 7. The van der Waals surface area contributed by atoms with Gasteiger partial charge >= 0.3 is 5.97 Å². The SMILES string of the molecule is COc1cc(OC)c(-c2ccsc2)cc1/C=C/C(=O)c1ccc(C(=O)O)cc1. The van der Waals surface area contributed by atoms with Crippen LogP contribution in [0.25, 0.3) is 17.2 Å². The maximum atomic E-state index is 12.4. The average Bonchev–Trinajstić information content (AvgIpc) is 3.26. The Bertz CT molecular complexity index is 1020. The van der Waals surface area contributed by atoms with Crippen molar-refractivity contribution in [2.45, 2.75) is 0 Å². The molecule has 0 saturated heterocycles. The Morgan fingerprint density at radius 3 is 2.21 bits per heavy atom. The highest BCUT2D eigenvalue weighted by Gasteiger charge is 2.12. The standard InChI is InChI=1S/C22H18O5S/c1-26-20-12-21(27-2)18(17-9-10-28-13-17)11-16(20)7-8-19(23)14-3-5-15(6-4-14)22(24)25/h3-13H,1-2H3,(H,24,25)/b8-7+. The van der Waals surface area contributed by atoms with E-state index in [-0.39, 0.29) is 11.3 Å². The molecule has 0 spiro atoms. The summed E-state index contributed by atoms with van der Waals surface area (Å²) in [7, 11) is 3.16. The fraction of sp³-hybridized carbons (Fsp3) is 0.0909. The van der Waals surface area contributed by atoms with Gasteiger partial charge in [0.2, 0.25) is 0 Å². The van der Waals surface area contributed by atoms with Gasteiger partial charge in [0.15, 0.2) is 5.78 Å². The fourth-order valence-corrected chi connectivity index (χ4v) is 3.39. The van der Waals surface area contributed by atoms with Crippen molar-refractivity contribution in [1.29, 1.82) is 0 Å². The number of hydrogen-bond acceptors (Lipinski definition) is 5. The number of ketones is 1. The van der Waals surface area contributed by atoms with E-state index in [1.807, 2.05) is 22.9 Å². The zero-order chi connectivity index (χ0) is 20.1. The minimum atomic E-state index is -1.03. The molecule has 6 heteroatoms. The van der Waals surface area contributed by atoms with E-state index in [9.17, 15) is 9.59 Å². The zero-order valence-corrected chi connectivity index (χ0v) is 16.2. The van der Waals surface area contributed by atoms with Crippen LogP contribution >= 0.6 is 11.3 Å². The number of methoxy groups -OCH3 is 2. The predicted molar refractivity (Wildman–Crippen MR) is 110 cm³/mol. The van der Waals surface area contributed by atoms with E-state index in [0.717, 1.165) is 16.7 Å². The van der Waals surface area contributed by atoms with E-state index in [4.69, 9.17) is 14.6 Å². The van der Waals surface area contributed by atoms with E-state index in [2.05, 4.69) is 0 Å². The molecular weight excluding hydrogens is 376 g/mol. The Morgan fingerprint density at radius 2 is 1.64 bits per heavy atom. The van der Waals surface area contributed by atoms with Crippen LogP contribution in [0.3, 0.4) is 0 Å². The van der Waals surface area contributed by atoms with Crippen molar-refractivity contribution in [3.05, 3.63) is 76.0 Å². The number of benzene rings is 2. The first-order valence-electron chi connectivity index (χ1n) is 8.38. The lowest BCUT2D eigenvalue weighted by Gasteiger charge is -2.12. The van der Waals surface area contributed by atoms with Crippen LogP contribution in [0.15, 0.2) is 59.3 Å². The lowest BCUT2D eigenvalue weighted by Crippen LogP contribution is -1.99. The molecule has 3 rings (SSSR count). The second-order valence-electron chi connectivity index (χ2n) is 5.89. The van der Waals surface area contributed by atoms with Gasteiger partial charge in [-0.1, -0.05) is 12.1 Å². The summed E-state index contributed by atoms with van der Waals surface area (Å²) >= 11 is 1.59. The summed E-state index contributed by atoms with van der Waals surface area (Å²) in [5.74, 6) is 0.00875. The topological polar surface area (TPSA) is 72.8 Å². The summed E-state index contributed by atoms with van der Waals surface area (Å²) in [6, 6.07) is 11.5. The van der Waals surface area contributed by atoms with E-state index >= 15 is 0 Å². The van der Waals surface area contributed by atoms with Gasteiger partial charge in [0.05, 0.1) is 19.8 Å². The predicted octanol–water partition coefficient (Wildman–Crippen LogP) is 5.03. The molecule has 0 atom stereocenters. The van der Waals surface area contributed by atoms with Gasteiger partial charge in [0.1, 0.15) is 11.5 Å². The van der Waals surface area contributed by atoms with Crippen LogP contribution in [0.1, 0.15) is 26.3 Å². The third-order valence-corrected chi connectivity index (χ3v) is 4.90. The van der Waals surface area contributed by atoms with Crippen LogP contribution < -0.4 is 9.47 Å². The summed E-state index contributed by atoms with van der Waals surface area (Å²) in [4.78, 5) is 23.4. The maximum Gasteiger partial charge on any atom is 0.335 e. The van der Waals surface area contributed by atoms with Crippen LogP contribution in [0.2, 0.25) is 0 Å². The van der Waals surface area contributed by atoms with Gasteiger partial charge in [0.25, 0.3) is 0 Å². The van der Waals surface area contributed by atoms with Crippen LogP contribution in [-0.2, 0) is 0 Å². The fourth-order valence-electron chi connectivity index (χ4n) is 2.74. The Hall–Kier alpha value is -3.38. The zero-order valence-electron chi connectivity index (χ0n) is 15.3. The summed E-state index contributed by atoms with van der Waals surface area (Å²) < 4.78 is 10.9. The highest BCUT2D eigenvalue weighted by Crippen LogP contribution is 2.37. The van der Waals surface area contributed by atoms with Gasteiger partial charge in [-0.15, -0.1) is 0 Å². The highest BCUT2D eigenvalue weighted by atomic mass is 32.1. The molecule has 5 nitrogen and oxygen atoms in total. The molecule has 0 amide bonds. The van der Waals surface area contributed by atoms with Crippen molar-refractivity contribution < 1.29 is 24.2 Å². The van der Waals surface area contributed by atoms with Gasteiger partial charge in [-0.25, -0.2) is 4.79 Å². The maximum absolute atomic E-state index is 12.4. The molecule has 0 radical (unpaired) electrons. The van der Waals surface area contributed by atoms with Crippen molar-refractivity contribution in [3.8, 4) is 22.6 Å². The van der Waals surface area contributed by atoms with Crippen LogP contribution in [-0.4, -0.2) is 31.1 Å². The molecule has 3 aromatic rings. The molecule has 1 N–H and O–H groups in total. The first kappa shape index (κ1) is 19.4. The Kier molecular flexibility index (Phi) is 5.91. The van der Waals surface area contributed by atoms with Crippen molar-refractivity contribution in [2.75, 3.05) is 14.2 Å². The van der Waals surface area contributed by atoms with Crippen LogP contribution in [0, 0.1) is 0 Å². The van der Waals surface area contributed by atoms with E-state index in [0.29, 0.717) is 17.1 Å². The second-order valence-corrected chi connectivity index (χ2v) is 6.67. The van der Waals surface area contributed by atoms with E-state index in [1.54, 1.807) is 37.7 Å². The largest absolute Gasteiger partial charge is 0.496 e. The minimum absolute atomic E-state index is 0.137. The summed E-state index contributed by atoms with van der Waals surface area (Å²) in [6.07, 6.45) is 3.12. The first-order chi connectivity index (χ1) is 13.5. The Labute approximate surface area is 166 Å². The van der Waals surface area contributed by atoms with Crippen molar-refractivity contribution in [2.24, 2.45) is 0 Å². The first-order valence-corrected chi connectivity index (χ1v) is 9.32. The van der Waals surface area contributed by atoms with Crippen molar-refractivity contribution in [3.63, 3.8) is 0 Å². The number of carboxylic acids is 1. The third kappa shape index (κ3) is 4.13. The molecular formula is C22H18O5S. The lowest BCUT2D eigenvalue weighted by atomic mass is 10.0. The van der Waals surface area contributed by atoms with E-state index < -0.39 is 5.97 Å². The number of thiophene rings is 1. The molecule has 0 aliphatic rings. The average molecular weight is 394 g/mol. The molecule has 0 fully saturated rings. The quantitative estimate of drug-likeness (QED) is 0.450. The number of aromatic carboxylic acids is 1. The molecule has 1 aromatic heterocycles. The van der Waals surface area contributed by atoms with Gasteiger partial charge < -0.3 is 14.6 Å². The number of carboxylic acid groups (broad SMARTS) is 1. The van der Waals surface area contributed by atoms with Gasteiger partial charge in [-0.3, -0.25) is 4.79 Å². The normalized spacial score (nSPS) is 10.8. The Balaban J connectivity index is 1.93. The number of hydrogen-bond donors (Lipinski definition) is 1. The molecule has 0 aliphatic heterocycles. The molecule has 0 aliphatic carbocycles. The number of carbonyl (C=O) groups is 2. The van der Waals surface area contributed by atoms with Crippen LogP contribution in [0.4, 0.5) is 0 Å². The van der Waals surface area contributed by atoms with Gasteiger partial charge in [-0.05, 0) is 52.7 Å². The van der Waals surface area contributed by atoms with Crippen LogP contribution in [0.5, 0.6) is 11.5 Å². The monoisotopic (exact) mass is 394 g/mol. The Morgan fingerprint density at radius 1 is 0.964 bits per heavy atom. The summed E-state index contributed by atoms with van der Waals surface area (Å²) in [6.45, 7) is 0. The van der Waals surface area contributed by atoms with Gasteiger partial charge in [0, 0.05) is 22.8 Å². The minimum Gasteiger partial charge on any atom is -0.496 e. The molecule has 1 heterocycles. The molecule has 0 saturated carbocycles. The summed E-state index contributed by atoms with van der Waals surface area (Å²) in [5, 5.41) is 13.0. The van der Waals surface area contributed by atoms with Crippen molar-refractivity contribution in [1.82, 2.24) is 0 Å². The summed E-state index contributed by atoms with van der Waals surface area (Å²) in [5.41, 5.74) is 3.21. The second kappa shape index (κ2) is 8.54. The third-order valence-electron chi connectivity index (χ3n) is 4.21. The number of ether oxygens (including phenoxy) is 2. The lowest BCUT2D eigenvalue weighted by molar-refractivity contribution is 0.0696. The smallest absolute Gasteiger partial charge is 0.335 e. The molecule has 0 bridgehead atoms. The van der Waals surface area contributed by atoms with E-state index in [1.165, 1.54) is 30.3 Å².